The van der Waals surface area contributed by atoms with E-state index in [9.17, 15) is 0 Å². The monoisotopic (exact) mass is 413 g/mol. The van der Waals surface area contributed by atoms with Crippen molar-refractivity contribution in [3.8, 4) is 17.2 Å². The fourth-order valence-electron chi connectivity index (χ4n) is 3.29. The minimum atomic E-state index is 0.252. The Bertz CT molecular complexity index is 868. The van der Waals surface area contributed by atoms with Crippen molar-refractivity contribution < 1.29 is 23.8 Å². The van der Waals surface area contributed by atoms with E-state index in [4.69, 9.17) is 29.5 Å². The van der Waals surface area contributed by atoms with Crippen molar-refractivity contribution in [2.24, 2.45) is 10.9 Å². The molecule has 0 atom stereocenters. The zero-order valence-electron chi connectivity index (χ0n) is 16.9. The number of benzene rings is 2. The lowest BCUT2D eigenvalue weighted by atomic mass is 10.1. The van der Waals surface area contributed by atoms with E-state index in [1.807, 2.05) is 30.3 Å². The van der Waals surface area contributed by atoms with E-state index in [1.165, 1.54) is 5.56 Å². The third kappa shape index (κ3) is 5.55. The number of fused-ring (bicyclic) bond motifs is 1. The van der Waals surface area contributed by atoms with Gasteiger partial charge in [0.25, 0.3) is 0 Å². The zero-order valence-corrected chi connectivity index (χ0v) is 16.9. The Balaban J connectivity index is 1.19. The largest absolute Gasteiger partial charge is 0.493 e. The van der Waals surface area contributed by atoms with Gasteiger partial charge in [0.15, 0.2) is 17.3 Å². The maximum atomic E-state index is 6.09. The molecule has 0 aromatic heterocycles. The van der Waals surface area contributed by atoms with Crippen molar-refractivity contribution in [2.75, 3.05) is 46.3 Å². The van der Waals surface area contributed by atoms with E-state index < -0.39 is 0 Å². The predicted molar refractivity (Wildman–Crippen MR) is 112 cm³/mol. The van der Waals surface area contributed by atoms with E-state index in [0.29, 0.717) is 31.2 Å². The molecule has 0 spiro atoms. The summed E-state index contributed by atoms with van der Waals surface area (Å²) in [6.45, 7) is 5.52. The van der Waals surface area contributed by atoms with Gasteiger partial charge in [0.1, 0.15) is 12.4 Å². The number of amidine groups is 1. The van der Waals surface area contributed by atoms with Crippen LogP contribution in [0, 0.1) is 0 Å². The van der Waals surface area contributed by atoms with Crippen molar-refractivity contribution in [1.82, 2.24) is 4.90 Å². The summed E-state index contributed by atoms with van der Waals surface area (Å²) in [5.74, 6) is 2.55. The molecule has 8 heteroatoms. The van der Waals surface area contributed by atoms with E-state index >= 15 is 0 Å². The van der Waals surface area contributed by atoms with Crippen molar-refractivity contribution in [3.63, 3.8) is 0 Å². The summed E-state index contributed by atoms with van der Waals surface area (Å²) in [6.07, 6.45) is 0.683. The second-order valence-corrected chi connectivity index (χ2v) is 7.12. The number of hydrogen-bond donors (Lipinski definition) is 1. The first-order valence-electron chi connectivity index (χ1n) is 10.2. The molecule has 0 saturated carbocycles. The van der Waals surface area contributed by atoms with Gasteiger partial charge in [0, 0.05) is 37.7 Å². The summed E-state index contributed by atoms with van der Waals surface area (Å²) in [7, 11) is 0. The second-order valence-electron chi connectivity index (χ2n) is 7.12. The summed E-state index contributed by atoms with van der Waals surface area (Å²) in [5.41, 5.74) is 8.15. The standard InChI is InChI=1S/C22H27N3O5/c23-22(18-4-1-3-17(13-18)15-25-7-11-26-12-8-25)24-30-10-2-9-27-19-5-6-20-21(14-19)29-16-28-20/h1,3-6,13-14H,2,7-12,15-16H2,(H2,23,24). The third-order valence-corrected chi connectivity index (χ3v) is 4.89. The van der Waals surface area contributed by atoms with Crippen LogP contribution in [0.15, 0.2) is 47.6 Å². The molecule has 8 nitrogen and oxygen atoms in total. The lowest BCUT2D eigenvalue weighted by Crippen LogP contribution is -2.35. The van der Waals surface area contributed by atoms with Gasteiger partial charge in [-0.25, -0.2) is 0 Å². The van der Waals surface area contributed by atoms with Crippen LogP contribution in [-0.4, -0.2) is 57.0 Å². The van der Waals surface area contributed by atoms with Crippen molar-refractivity contribution >= 4 is 5.84 Å². The van der Waals surface area contributed by atoms with Crippen LogP contribution in [0.25, 0.3) is 0 Å². The molecule has 160 valence electrons. The fourth-order valence-corrected chi connectivity index (χ4v) is 3.29. The maximum absolute atomic E-state index is 6.09. The van der Waals surface area contributed by atoms with Crippen LogP contribution in [0.1, 0.15) is 17.5 Å². The van der Waals surface area contributed by atoms with Crippen LogP contribution in [0.2, 0.25) is 0 Å². The molecule has 1 saturated heterocycles. The molecule has 2 heterocycles. The molecule has 2 N–H and O–H groups in total. The minimum Gasteiger partial charge on any atom is -0.493 e. The van der Waals surface area contributed by atoms with Crippen LogP contribution in [-0.2, 0) is 16.1 Å². The lowest BCUT2D eigenvalue weighted by Gasteiger charge is -2.26. The molecule has 0 radical (unpaired) electrons. The van der Waals surface area contributed by atoms with Gasteiger partial charge < -0.3 is 29.5 Å². The lowest BCUT2D eigenvalue weighted by molar-refractivity contribution is 0.0342. The second kappa shape index (κ2) is 10.2. The SMILES string of the molecule is N/C(=N/OCCCOc1ccc2c(c1)OCO2)c1cccc(CN2CCOCC2)c1. The van der Waals surface area contributed by atoms with Crippen LogP contribution in [0.4, 0.5) is 0 Å². The summed E-state index contributed by atoms with van der Waals surface area (Å²) >= 11 is 0. The van der Waals surface area contributed by atoms with Gasteiger partial charge in [-0.15, -0.1) is 0 Å². The molecule has 2 aliphatic rings. The smallest absolute Gasteiger partial charge is 0.231 e. The average Bonchev–Trinajstić information content (AvgIpc) is 3.25. The van der Waals surface area contributed by atoms with E-state index in [0.717, 1.165) is 49.9 Å². The summed E-state index contributed by atoms with van der Waals surface area (Å²) < 4.78 is 21.7. The molecule has 0 amide bonds. The van der Waals surface area contributed by atoms with Gasteiger partial charge >= 0.3 is 0 Å². The number of hydrogen-bond acceptors (Lipinski definition) is 7. The Morgan fingerprint density at radius 3 is 2.80 bits per heavy atom. The highest BCUT2D eigenvalue weighted by atomic mass is 16.7. The normalized spacial score (nSPS) is 16.5. The molecular formula is C22H27N3O5. The molecule has 0 bridgehead atoms. The van der Waals surface area contributed by atoms with Crippen LogP contribution in [0.5, 0.6) is 17.2 Å². The van der Waals surface area contributed by atoms with Gasteiger partial charge in [0.05, 0.1) is 19.8 Å². The van der Waals surface area contributed by atoms with Crippen molar-refractivity contribution in [1.29, 1.82) is 0 Å². The fraction of sp³-hybridized carbons (Fsp3) is 0.409. The Labute approximate surface area is 176 Å². The van der Waals surface area contributed by atoms with Crippen LogP contribution >= 0.6 is 0 Å². The molecule has 2 aromatic carbocycles. The van der Waals surface area contributed by atoms with Gasteiger partial charge in [-0.05, 0) is 23.8 Å². The Hall–Kier alpha value is -2.97. The maximum Gasteiger partial charge on any atom is 0.231 e. The molecular weight excluding hydrogens is 386 g/mol. The first kappa shape index (κ1) is 20.3. The molecule has 1 fully saturated rings. The molecule has 2 aromatic rings. The minimum absolute atomic E-state index is 0.252. The first-order valence-corrected chi connectivity index (χ1v) is 10.2. The highest BCUT2D eigenvalue weighted by Gasteiger charge is 2.14. The summed E-state index contributed by atoms with van der Waals surface area (Å²) in [5, 5.41) is 4.04. The Morgan fingerprint density at radius 1 is 1.03 bits per heavy atom. The van der Waals surface area contributed by atoms with Crippen LogP contribution < -0.4 is 19.9 Å². The van der Waals surface area contributed by atoms with E-state index in [-0.39, 0.29) is 6.79 Å². The van der Waals surface area contributed by atoms with Crippen molar-refractivity contribution in [2.45, 2.75) is 13.0 Å². The highest BCUT2D eigenvalue weighted by Crippen LogP contribution is 2.35. The summed E-state index contributed by atoms with van der Waals surface area (Å²) in [4.78, 5) is 7.73. The third-order valence-electron chi connectivity index (χ3n) is 4.89. The molecule has 0 aliphatic carbocycles. The van der Waals surface area contributed by atoms with E-state index in [2.05, 4.69) is 22.2 Å². The van der Waals surface area contributed by atoms with Crippen molar-refractivity contribution in [3.05, 3.63) is 53.6 Å². The number of oxime groups is 1. The molecule has 4 rings (SSSR count). The Morgan fingerprint density at radius 2 is 1.90 bits per heavy atom. The number of nitrogens with zero attached hydrogens (tertiary/aromatic N) is 2. The zero-order chi connectivity index (χ0) is 20.6. The molecule has 30 heavy (non-hydrogen) atoms. The van der Waals surface area contributed by atoms with Gasteiger partial charge in [-0.2, -0.15) is 0 Å². The van der Waals surface area contributed by atoms with Gasteiger partial charge in [-0.1, -0.05) is 23.4 Å². The summed E-state index contributed by atoms with van der Waals surface area (Å²) in [6, 6.07) is 13.6. The Kier molecular flexibility index (Phi) is 6.89. The highest BCUT2D eigenvalue weighted by molar-refractivity contribution is 5.97. The quantitative estimate of drug-likeness (QED) is 0.292. The van der Waals surface area contributed by atoms with E-state index in [1.54, 1.807) is 0 Å². The number of ether oxygens (including phenoxy) is 4. The van der Waals surface area contributed by atoms with Gasteiger partial charge in [-0.3, -0.25) is 4.90 Å². The van der Waals surface area contributed by atoms with Crippen LogP contribution in [0.3, 0.4) is 0 Å². The predicted octanol–water partition coefficient (Wildman–Crippen LogP) is 2.35. The topological polar surface area (TPSA) is 87.8 Å². The molecule has 2 aliphatic heterocycles. The molecule has 0 unspecified atom stereocenters. The number of nitrogens with two attached hydrogens (primary N) is 1. The van der Waals surface area contributed by atoms with Gasteiger partial charge in [0.2, 0.25) is 6.79 Å². The average molecular weight is 413 g/mol. The first-order chi connectivity index (χ1) is 14.8. The number of morpholine rings is 1. The number of rotatable bonds is 9.